The standard InChI is InChI=1S/C27H26F2N4O3.C7H12FN/c1-3-17-20(28)6-5-15-11-16(34)12-18(21(15)17)23-22(29)24-19(13-30-23)25(32-26(31-24)35-2)33-9-4-7-27(14-33)8-10-36-27;8-6-4-7-2-1-3-9(7)5-6/h5-6,11-13,34H,3-4,7-10,14H2,1-2H3;6-7H,1-5H2/t;6-,7?/m.1/s1. The number of nitrogens with zero attached hydrogens (tertiary/aromatic N) is 5. The first-order chi connectivity index (χ1) is 21.8. The molecule has 8 nitrogen and oxygen atoms in total. The van der Waals surface area contributed by atoms with E-state index in [9.17, 15) is 13.9 Å². The number of phenolic OH excluding ortho intramolecular Hbond substituents is 1. The van der Waals surface area contributed by atoms with Gasteiger partial charge in [0.05, 0.1) is 24.7 Å². The molecule has 0 aliphatic carbocycles. The fourth-order valence-electron chi connectivity index (χ4n) is 7.59. The molecule has 4 fully saturated rings. The number of halogens is 3. The molecule has 4 aliphatic rings. The summed E-state index contributed by atoms with van der Waals surface area (Å²) in [6.07, 6.45) is 7.67. The van der Waals surface area contributed by atoms with Crippen LogP contribution >= 0.6 is 0 Å². The third-order valence-electron chi connectivity index (χ3n) is 9.85. The zero-order valence-corrected chi connectivity index (χ0v) is 25.7. The summed E-state index contributed by atoms with van der Waals surface area (Å²) in [6, 6.07) is 6.54. The fourth-order valence-corrected chi connectivity index (χ4v) is 7.59. The second-order valence-corrected chi connectivity index (χ2v) is 12.6. The van der Waals surface area contributed by atoms with Crippen LogP contribution in [0, 0.1) is 11.6 Å². The number of anilines is 1. The topological polar surface area (TPSA) is 83.8 Å². The lowest BCUT2D eigenvalue weighted by Gasteiger charge is -2.48. The quantitative estimate of drug-likeness (QED) is 0.282. The molecule has 3 atom stereocenters. The summed E-state index contributed by atoms with van der Waals surface area (Å²) in [7, 11) is 1.44. The highest BCUT2D eigenvalue weighted by Crippen LogP contribution is 2.41. The zero-order chi connectivity index (χ0) is 31.3. The van der Waals surface area contributed by atoms with Gasteiger partial charge in [0, 0.05) is 43.9 Å². The minimum absolute atomic E-state index is 0.0205. The number of ether oxygens (including phenoxy) is 2. The number of piperidine rings is 1. The number of methoxy groups -OCH3 is 1. The summed E-state index contributed by atoms with van der Waals surface area (Å²) < 4.78 is 54.7. The van der Waals surface area contributed by atoms with Crippen LogP contribution in [0.2, 0.25) is 0 Å². The van der Waals surface area contributed by atoms with Gasteiger partial charge in [-0.1, -0.05) is 13.0 Å². The molecule has 2 aromatic heterocycles. The summed E-state index contributed by atoms with van der Waals surface area (Å²) in [5.41, 5.74) is 0.591. The van der Waals surface area contributed by atoms with Gasteiger partial charge in [0.15, 0.2) is 5.82 Å². The van der Waals surface area contributed by atoms with Crippen LogP contribution in [0.5, 0.6) is 11.8 Å². The van der Waals surface area contributed by atoms with Gasteiger partial charge in [0.1, 0.15) is 34.8 Å². The highest BCUT2D eigenvalue weighted by molar-refractivity contribution is 6.01. The van der Waals surface area contributed by atoms with Crippen LogP contribution < -0.4 is 9.64 Å². The second-order valence-electron chi connectivity index (χ2n) is 12.6. The molecule has 4 saturated heterocycles. The number of phenols is 1. The molecule has 1 N–H and O–H groups in total. The van der Waals surface area contributed by atoms with E-state index in [0.29, 0.717) is 58.7 Å². The number of aryl methyl sites for hydroxylation is 1. The Balaban J connectivity index is 0.000000308. The molecule has 2 unspecified atom stereocenters. The second kappa shape index (κ2) is 11.9. The molecular weight excluding hydrogens is 583 g/mol. The summed E-state index contributed by atoms with van der Waals surface area (Å²) in [5.74, 6) is -0.584. The number of fused-ring (bicyclic) bond motifs is 3. The van der Waals surface area contributed by atoms with E-state index in [1.54, 1.807) is 12.3 Å². The summed E-state index contributed by atoms with van der Waals surface area (Å²) in [5, 5.41) is 12.0. The lowest BCUT2D eigenvalue weighted by molar-refractivity contribution is -0.151. The van der Waals surface area contributed by atoms with Crippen molar-refractivity contribution in [2.45, 2.75) is 69.7 Å². The molecule has 45 heavy (non-hydrogen) atoms. The first-order valence-electron chi connectivity index (χ1n) is 15.9. The van der Waals surface area contributed by atoms with Gasteiger partial charge in [-0.15, -0.1) is 0 Å². The summed E-state index contributed by atoms with van der Waals surface area (Å²) in [4.78, 5) is 17.7. The first-order valence-corrected chi connectivity index (χ1v) is 15.9. The maximum atomic E-state index is 16.2. The van der Waals surface area contributed by atoms with Crippen LogP contribution in [0.4, 0.5) is 19.0 Å². The lowest BCUT2D eigenvalue weighted by Crippen LogP contribution is -2.56. The van der Waals surface area contributed by atoms with E-state index in [0.717, 1.165) is 45.4 Å². The molecule has 0 saturated carbocycles. The molecule has 0 bridgehead atoms. The van der Waals surface area contributed by atoms with E-state index in [4.69, 9.17) is 9.47 Å². The van der Waals surface area contributed by atoms with Crippen molar-refractivity contribution in [3.05, 3.63) is 47.7 Å². The van der Waals surface area contributed by atoms with Crippen LogP contribution in [-0.4, -0.2) is 82.7 Å². The minimum Gasteiger partial charge on any atom is -0.508 e. The Morgan fingerprint density at radius 2 is 1.98 bits per heavy atom. The number of pyridine rings is 1. The number of hydrogen-bond donors (Lipinski definition) is 1. The van der Waals surface area contributed by atoms with Gasteiger partial charge in [-0.05, 0) is 79.6 Å². The molecule has 0 amide bonds. The summed E-state index contributed by atoms with van der Waals surface area (Å²) >= 11 is 0. The number of hydrogen-bond acceptors (Lipinski definition) is 8. The van der Waals surface area contributed by atoms with E-state index in [1.807, 2.05) is 6.92 Å². The third-order valence-corrected chi connectivity index (χ3v) is 9.85. The smallest absolute Gasteiger partial charge is 0.318 e. The summed E-state index contributed by atoms with van der Waals surface area (Å²) in [6.45, 7) is 5.84. The predicted molar refractivity (Wildman–Crippen MR) is 167 cm³/mol. The fraction of sp³-hybridized carbons (Fsp3) is 0.500. The Hall–Kier alpha value is -3.70. The van der Waals surface area contributed by atoms with E-state index >= 15 is 4.39 Å². The highest BCUT2D eigenvalue weighted by atomic mass is 19.1. The molecule has 238 valence electrons. The molecule has 8 rings (SSSR count). The van der Waals surface area contributed by atoms with E-state index in [1.165, 1.54) is 38.2 Å². The molecule has 2 aromatic carbocycles. The average Bonchev–Trinajstić information content (AvgIpc) is 3.61. The van der Waals surface area contributed by atoms with Gasteiger partial charge in [-0.25, -0.2) is 13.2 Å². The Labute approximate surface area is 260 Å². The maximum Gasteiger partial charge on any atom is 0.318 e. The molecule has 6 heterocycles. The van der Waals surface area contributed by atoms with E-state index in [-0.39, 0.29) is 34.4 Å². The van der Waals surface area contributed by atoms with Gasteiger partial charge >= 0.3 is 6.01 Å². The molecular formula is C34H38F3N5O3. The molecule has 4 aromatic rings. The van der Waals surface area contributed by atoms with Crippen LogP contribution in [0.3, 0.4) is 0 Å². The van der Waals surface area contributed by atoms with Crippen molar-refractivity contribution in [2.24, 2.45) is 0 Å². The number of aromatic hydroxyl groups is 1. The van der Waals surface area contributed by atoms with Crippen molar-refractivity contribution in [2.75, 3.05) is 44.8 Å². The van der Waals surface area contributed by atoms with Crippen molar-refractivity contribution in [3.63, 3.8) is 0 Å². The lowest BCUT2D eigenvalue weighted by atomic mass is 9.86. The van der Waals surface area contributed by atoms with Crippen molar-refractivity contribution in [1.29, 1.82) is 0 Å². The normalized spacial score (nSPS) is 24.5. The third kappa shape index (κ3) is 5.43. The first kappa shape index (κ1) is 30.0. The number of rotatable bonds is 4. The van der Waals surface area contributed by atoms with E-state index < -0.39 is 12.0 Å². The average molecular weight is 622 g/mol. The Bertz CT molecular complexity index is 1740. The Kier molecular flexibility index (Phi) is 7.93. The molecule has 4 aliphatic heterocycles. The van der Waals surface area contributed by atoms with Gasteiger partial charge < -0.3 is 19.5 Å². The molecule has 11 heteroatoms. The van der Waals surface area contributed by atoms with Crippen molar-refractivity contribution in [3.8, 4) is 23.0 Å². The van der Waals surface area contributed by atoms with Gasteiger partial charge in [0.2, 0.25) is 0 Å². The SMILES string of the molecule is CCc1c(F)ccc2cc(O)cc(-c3ncc4c(N5CCCC6(CCO6)C5)nc(OC)nc4c3F)c12.F[C@@H]1CC2CCCN2C1. The van der Waals surface area contributed by atoms with Gasteiger partial charge in [-0.3, -0.25) is 9.88 Å². The predicted octanol–water partition coefficient (Wildman–Crippen LogP) is 6.35. The van der Waals surface area contributed by atoms with Crippen LogP contribution in [0.25, 0.3) is 32.9 Å². The monoisotopic (exact) mass is 621 g/mol. The van der Waals surface area contributed by atoms with Gasteiger partial charge in [0.25, 0.3) is 0 Å². The van der Waals surface area contributed by atoms with Crippen LogP contribution in [-0.2, 0) is 11.2 Å². The van der Waals surface area contributed by atoms with Crippen molar-refractivity contribution in [1.82, 2.24) is 19.9 Å². The number of benzene rings is 2. The Morgan fingerprint density at radius 3 is 2.71 bits per heavy atom. The van der Waals surface area contributed by atoms with Crippen molar-refractivity contribution < 1.29 is 27.8 Å². The minimum atomic E-state index is -0.681. The van der Waals surface area contributed by atoms with Gasteiger partial charge in [-0.2, -0.15) is 9.97 Å². The molecule has 1 spiro atoms. The van der Waals surface area contributed by atoms with Crippen LogP contribution in [0.15, 0.2) is 30.5 Å². The highest BCUT2D eigenvalue weighted by Gasteiger charge is 2.43. The largest absolute Gasteiger partial charge is 0.508 e. The Morgan fingerprint density at radius 1 is 1.13 bits per heavy atom. The number of aromatic nitrogens is 3. The molecule has 0 radical (unpaired) electrons. The van der Waals surface area contributed by atoms with E-state index in [2.05, 4.69) is 24.8 Å². The van der Waals surface area contributed by atoms with Crippen LogP contribution in [0.1, 0.15) is 51.0 Å². The number of alkyl halides is 1. The zero-order valence-electron chi connectivity index (χ0n) is 25.7. The maximum absolute atomic E-state index is 16.2. The van der Waals surface area contributed by atoms with Crippen molar-refractivity contribution >= 4 is 27.5 Å².